The van der Waals surface area contributed by atoms with Gasteiger partial charge in [-0.25, -0.2) is 0 Å². The molecule has 16 heavy (non-hydrogen) atoms. The lowest BCUT2D eigenvalue weighted by molar-refractivity contribution is 0.183. The molecule has 0 fully saturated rings. The molecule has 0 aliphatic heterocycles. The molecule has 0 aliphatic rings. The smallest absolute Gasteiger partial charge is 0.143 e. The van der Waals surface area contributed by atoms with E-state index in [4.69, 9.17) is 9.47 Å². The summed E-state index contributed by atoms with van der Waals surface area (Å²) < 4.78 is 10.6. The van der Waals surface area contributed by atoms with Crippen LogP contribution in [0.25, 0.3) is 0 Å². The third-order valence-electron chi connectivity index (χ3n) is 2.53. The Kier molecular flexibility index (Phi) is 5.22. The van der Waals surface area contributed by atoms with Crippen LogP contribution in [0, 0.1) is 6.92 Å². The Bertz CT molecular complexity index is 340. The van der Waals surface area contributed by atoms with Crippen molar-refractivity contribution >= 4 is 0 Å². The summed E-state index contributed by atoms with van der Waals surface area (Å²) in [6, 6.07) is 0. The zero-order valence-corrected chi connectivity index (χ0v) is 10.5. The van der Waals surface area contributed by atoms with E-state index in [2.05, 4.69) is 10.3 Å². The molecule has 1 heterocycles. The van der Waals surface area contributed by atoms with Crippen LogP contribution in [-0.4, -0.2) is 32.8 Å². The fraction of sp³-hybridized carbons (Fsp3) is 0.583. The van der Waals surface area contributed by atoms with Crippen molar-refractivity contribution in [1.82, 2.24) is 10.3 Å². The summed E-state index contributed by atoms with van der Waals surface area (Å²) in [4.78, 5) is 4.31. The summed E-state index contributed by atoms with van der Waals surface area (Å²) in [5, 5.41) is 3.14. The van der Waals surface area contributed by atoms with Crippen LogP contribution in [-0.2, 0) is 17.8 Å². The minimum Gasteiger partial charge on any atom is -0.495 e. The summed E-state index contributed by atoms with van der Waals surface area (Å²) in [6.45, 7) is 3.44. The maximum Gasteiger partial charge on any atom is 0.143 e. The van der Waals surface area contributed by atoms with E-state index in [1.165, 1.54) is 5.56 Å². The Balaban J connectivity index is 3.07. The van der Waals surface area contributed by atoms with Gasteiger partial charge in [-0.15, -0.1) is 0 Å². The second-order valence-electron chi connectivity index (χ2n) is 3.67. The minimum atomic E-state index is 0.572. The molecule has 1 aromatic heterocycles. The molecular formula is C12H20N2O2. The van der Waals surface area contributed by atoms with Gasteiger partial charge >= 0.3 is 0 Å². The molecule has 1 aromatic rings. The fourth-order valence-electron chi connectivity index (χ4n) is 1.75. The van der Waals surface area contributed by atoms with Gasteiger partial charge in [-0.05, 0) is 26.9 Å². The van der Waals surface area contributed by atoms with Crippen molar-refractivity contribution in [2.75, 3.05) is 27.8 Å². The van der Waals surface area contributed by atoms with Crippen LogP contribution in [0.15, 0.2) is 6.20 Å². The van der Waals surface area contributed by atoms with E-state index in [9.17, 15) is 0 Å². The molecule has 90 valence electrons. The van der Waals surface area contributed by atoms with Gasteiger partial charge in [0.25, 0.3) is 0 Å². The predicted molar refractivity (Wildman–Crippen MR) is 63.9 cm³/mol. The topological polar surface area (TPSA) is 43.4 Å². The second kappa shape index (κ2) is 6.45. The lowest BCUT2D eigenvalue weighted by Gasteiger charge is -2.15. The van der Waals surface area contributed by atoms with E-state index in [0.717, 1.165) is 30.0 Å². The molecular weight excluding hydrogens is 204 g/mol. The molecule has 0 unspecified atom stereocenters. The third kappa shape index (κ3) is 2.93. The van der Waals surface area contributed by atoms with Gasteiger partial charge in [0.1, 0.15) is 5.75 Å². The van der Waals surface area contributed by atoms with Gasteiger partial charge in [-0.1, -0.05) is 0 Å². The van der Waals surface area contributed by atoms with Crippen molar-refractivity contribution in [1.29, 1.82) is 0 Å². The number of ether oxygens (including phenoxy) is 2. The van der Waals surface area contributed by atoms with Crippen molar-refractivity contribution < 1.29 is 9.47 Å². The molecule has 4 nitrogen and oxygen atoms in total. The fourth-order valence-corrected chi connectivity index (χ4v) is 1.75. The number of hydrogen-bond donors (Lipinski definition) is 1. The molecule has 0 aromatic carbocycles. The van der Waals surface area contributed by atoms with E-state index in [0.29, 0.717) is 6.61 Å². The Morgan fingerprint density at radius 3 is 2.69 bits per heavy atom. The van der Waals surface area contributed by atoms with E-state index in [1.54, 1.807) is 14.2 Å². The van der Waals surface area contributed by atoms with Gasteiger partial charge in [-0.3, -0.25) is 4.98 Å². The lowest BCUT2D eigenvalue weighted by Crippen LogP contribution is -2.13. The van der Waals surface area contributed by atoms with Crippen LogP contribution < -0.4 is 10.1 Å². The average molecular weight is 224 g/mol. The predicted octanol–water partition coefficient (Wildman–Crippen LogP) is 1.31. The average Bonchev–Trinajstić information content (AvgIpc) is 2.29. The number of hydrogen-bond acceptors (Lipinski definition) is 4. The third-order valence-corrected chi connectivity index (χ3v) is 2.53. The molecule has 0 radical (unpaired) electrons. The number of nitrogens with one attached hydrogen (secondary N) is 1. The number of pyridine rings is 1. The number of methoxy groups -OCH3 is 2. The highest BCUT2D eigenvalue weighted by atomic mass is 16.5. The quantitative estimate of drug-likeness (QED) is 0.791. The highest BCUT2D eigenvalue weighted by Gasteiger charge is 2.12. The molecule has 0 bridgehead atoms. The monoisotopic (exact) mass is 224 g/mol. The second-order valence-corrected chi connectivity index (χ2v) is 3.67. The van der Waals surface area contributed by atoms with Crippen LogP contribution >= 0.6 is 0 Å². The molecule has 0 atom stereocenters. The molecule has 1 N–H and O–H groups in total. The minimum absolute atomic E-state index is 0.572. The van der Waals surface area contributed by atoms with Gasteiger partial charge in [0.05, 0.1) is 19.4 Å². The molecule has 0 spiro atoms. The zero-order valence-electron chi connectivity index (χ0n) is 10.5. The van der Waals surface area contributed by atoms with Crippen LogP contribution in [0.4, 0.5) is 0 Å². The normalized spacial score (nSPS) is 10.5. The zero-order chi connectivity index (χ0) is 12.0. The molecule has 0 saturated heterocycles. The number of rotatable bonds is 6. The first-order valence-corrected chi connectivity index (χ1v) is 5.39. The maximum atomic E-state index is 5.41. The van der Waals surface area contributed by atoms with Gasteiger partial charge < -0.3 is 14.8 Å². The largest absolute Gasteiger partial charge is 0.495 e. The van der Waals surface area contributed by atoms with Crippen LogP contribution in [0.3, 0.4) is 0 Å². The first-order chi connectivity index (χ1) is 7.74. The summed E-state index contributed by atoms with van der Waals surface area (Å²) in [5.41, 5.74) is 3.21. The Labute approximate surface area is 97.0 Å². The standard InChI is InChI=1S/C12H20N2O2/c1-9-12(16-4)11(5-6-13-2)10(7-14-9)8-15-3/h7,13H,5-6,8H2,1-4H3. The maximum absolute atomic E-state index is 5.41. The molecule has 0 amide bonds. The molecule has 0 aliphatic carbocycles. The lowest BCUT2D eigenvalue weighted by atomic mass is 10.0. The van der Waals surface area contributed by atoms with Crippen LogP contribution in [0.5, 0.6) is 5.75 Å². The van der Waals surface area contributed by atoms with Crippen molar-refractivity contribution in [3.8, 4) is 5.75 Å². The summed E-state index contributed by atoms with van der Waals surface area (Å²) in [6.07, 6.45) is 2.79. The highest BCUT2D eigenvalue weighted by Crippen LogP contribution is 2.25. The van der Waals surface area contributed by atoms with E-state index in [1.807, 2.05) is 20.2 Å². The summed E-state index contributed by atoms with van der Waals surface area (Å²) in [7, 11) is 5.31. The van der Waals surface area contributed by atoms with Gasteiger partial charge in [-0.2, -0.15) is 0 Å². The first kappa shape index (κ1) is 12.9. The molecule has 0 saturated carbocycles. The van der Waals surface area contributed by atoms with Crippen LogP contribution in [0.1, 0.15) is 16.8 Å². The van der Waals surface area contributed by atoms with Gasteiger partial charge in [0, 0.05) is 24.4 Å². The molecule has 1 rings (SSSR count). The van der Waals surface area contributed by atoms with Crippen molar-refractivity contribution in [2.45, 2.75) is 20.0 Å². The van der Waals surface area contributed by atoms with E-state index >= 15 is 0 Å². The first-order valence-electron chi connectivity index (χ1n) is 5.39. The van der Waals surface area contributed by atoms with E-state index < -0.39 is 0 Å². The Morgan fingerprint density at radius 1 is 1.38 bits per heavy atom. The van der Waals surface area contributed by atoms with Gasteiger partial charge in [0.2, 0.25) is 0 Å². The SMILES string of the molecule is CNCCc1c(COC)cnc(C)c1OC. The summed E-state index contributed by atoms with van der Waals surface area (Å²) >= 11 is 0. The van der Waals surface area contributed by atoms with Gasteiger partial charge in [0.15, 0.2) is 0 Å². The highest BCUT2D eigenvalue weighted by molar-refractivity contribution is 5.42. The van der Waals surface area contributed by atoms with E-state index in [-0.39, 0.29) is 0 Å². The summed E-state index contributed by atoms with van der Waals surface area (Å²) in [5.74, 6) is 0.879. The van der Waals surface area contributed by atoms with Crippen molar-refractivity contribution in [3.63, 3.8) is 0 Å². The number of likely N-dealkylation sites (N-methyl/N-ethyl adjacent to an activating group) is 1. The van der Waals surface area contributed by atoms with Crippen molar-refractivity contribution in [2.24, 2.45) is 0 Å². The van der Waals surface area contributed by atoms with Crippen LogP contribution in [0.2, 0.25) is 0 Å². The number of aromatic nitrogens is 1. The van der Waals surface area contributed by atoms with Crippen molar-refractivity contribution in [3.05, 3.63) is 23.0 Å². The number of nitrogens with zero attached hydrogens (tertiary/aromatic N) is 1. The molecule has 4 heteroatoms. The number of aryl methyl sites for hydroxylation is 1. The Morgan fingerprint density at radius 2 is 2.12 bits per heavy atom. The Hall–Kier alpha value is -1.13.